The Morgan fingerprint density at radius 1 is 1.10 bits per heavy atom. The minimum Gasteiger partial charge on any atom is -0.485 e. The molecule has 0 radical (unpaired) electrons. The molecule has 6 nitrogen and oxygen atoms in total. The Morgan fingerprint density at radius 2 is 1.83 bits per heavy atom. The maximum absolute atomic E-state index is 12.9. The monoisotopic (exact) mass is 423 g/mol. The largest absolute Gasteiger partial charge is 0.485 e. The van der Waals surface area contributed by atoms with Gasteiger partial charge in [0.25, 0.3) is 0 Å². The normalized spacial score (nSPS) is 15.3. The summed E-state index contributed by atoms with van der Waals surface area (Å²) < 4.78 is 13.7. The highest BCUT2D eigenvalue weighted by Gasteiger charge is 2.27. The number of nitrogens with zero attached hydrogens (tertiary/aromatic N) is 3. The first-order valence-corrected chi connectivity index (χ1v) is 10.9. The molecule has 3 aromatic rings. The molecule has 0 amide bonds. The summed E-state index contributed by atoms with van der Waals surface area (Å²) in [5, 5.41) is 9.25. The van der Waals surface area contributed by atoms with E-state index in [-0.39, 0.29) is 11.9 Å². The average Bonchev–Trinajstić information content (AvgIpc) is 3.13. The number of para-hydroxylation sites is 2. The third-order valence-electron chi connectivity index (χ3n) is 5.78. The Hall–Kier alpha value is -2.80. The van der Waals surface area contributed by atoms with Crippen LogP contribution in [0.3, 0.4) is 0 Å². The third kappa shape index (κ3) is 3.69. The predicted octanol–water partition coefficient (Wildman–Crippen LogP) is 4.54. The van der Waals surface area contributed by atoms with E-state index in [1.807, 2.05) is 55.8 Å². The second-order valence-corrected chi connectivity index (χ2v) is 8.53. The number of hydrogen-bond donors (Lipinski definition) is 0. The van der Waals surface area contributed by atoms with Gasteiger partial charge in [0.15, 0.2) is 34.4 Å². The van der Waals surface area contributed by atoms with Crippen molar-refractivity contribution in [1.29, 1.82) is 0 Å². The number of Topliss-reactive ketones (excluding diaryl/α,β-unsaturated/α-hetero) is 1. The zero-order chi connectivity index (χ0) is 21.4. The predicted molar refractivity (Wildman–Crippen MR) is 117 cm³/mol. The molecule has 0 N–H and O–H groups in total. The number of hydrogen-bond acceptors (Lipinski definition) is 6. The summed E-state index contributed by atoms with van der Waals surface area (Å²) in [5.41, 5.74) is 5.40. The number of fused-ring (bicyclic) bond motifs is 1. The minimum absolute atomic E-state index is 0.0967. The van der Waals surface area contributed by atoms with Gasteiger partial charge in [-0.15, -0.1) is 10.2 Å². The average molecular weight is 424 g/mol. The number of carbonyl (C=O) groups is 1. The van der Waals surface area contributed by atoms with Crippen molar-refractivity contribution in [2.24, 2.45) is 7.05 Å². The smallest absolute Gasteiger partial charge is 0.192 e. The van der Waals surface area contributed by atoms with Crippen LogP contribution in [0.4, 0.5) is 0 Å². The van der Waals surface area contributed by atoms with Crippen LogP contribution in [0.25, 0.3) is 0 Å². The molecule has 1 atom stereocenters. The van der Waals surface area contributed by atoms with Gasteiger partial charge in [-0.1, -0.05) is 23.9 Å². The molecule has 1 aliphatic rings. The second-order valence-electron chi connectivity index (χ2n) is 7.59. The molecule has 7 heteroatoms. The molecule has 0 fully saturated rings. The molecule has 0 bridgehead atoms. The summed E-state index contributed by atoms with van der Waals surface area (Å²) in [6.07, 6.45) is -0.341. The summed E-state index contributed by atoms with van der Waals surface area (Å²) in [6.45, 7) is 8.59. The molecule has 1 aromatic heterocycles. The molecule has 0 spiro atoms. The van der Waals surface area contributed by atoms with Crippen LogP contribution in [0, 0.1) is 27.7 Å². The maximum atomic E-state index is 12.9. The van der Waals surface area contributed by atoms with Crippen molar-refractivity contribution in [2.45, 2.75) is 39.0 Å². The lowest BCUT2D eigenvalue weighted by molar-refractivity contribution is 0.0825. The van der Waals surface area contributed by atoms with Crippen LogP contribution in [0.2, 0.25) is 0 Å². The fourth-order valence-corrected chi connectivity index (χ4v) is 4.39. The lowest BCUT2D eigenvalue weighted by Crippen LogP contribution is -2.24. The van der Waals surface area contributed by atoms with E-state index in [1.54, 1.807) is 0 Å². The summed E-state index contributed by atoms with van der Waals surface area (Å²) in [6, 6.07) is 9.57. The Morgan fingerprint density at radius 3 is 2.60 bits per heavy atom. The topological polar surface area (TPSA) is 66.2 Å². The summed E-state index contributed by atoms with van der Waals surface area (Å²) >= 11 is 1.39. The highest BCUT2D eigenvalue weighted by atomic mass is 32.2. The molecule has 0 unspecified atom stereocenters. The number of carbonyl (C=O) groups excluding carboxylic acids is 1. The van der Waals surface area contributed by atoms with Crippen LogP contribution in [0.1, 0.15) is 44.5 Å². The molecular formula is C23H25N3O3S. The van der Waals surface area contributed by atoms with Crippen LogP contribution < -0.4 is 9.47 Å². The zero-order valence-corrected chi connectivity index (χ0v) is 18.7. The number of aryl methyl sites for hydroxylation is 1. The fourth-order valence-electron chi connectivity index (χ4n) is 3.59. The Bertz CT molecular complexity index is 1120. The number of ketones is 1. The van der Waals surface area contributed by atoms with Gasteiger partial charge in [-0.25, -0.2) is 0 Å². The van der Waals surface area contributed by atoms with Gasteiger partial charge in [-0.3, -0.25) is 4.79 Å². The molecular weight excluding hydrogens is 398 g/mol. The van der Waals surface area contributed by atoms with E-state index in [9.17, 15) is 4.79 Å². The molecule has 2 heterocycles. The van der Waals surface area contributed by atoms with Gasteiger partial charge in [-0.05, 0) is 68.1 Å². The lowest BCUT2D eigenvalue weighted by atomic mass is 9.93. The van der Waals surface area contributed by atoms with Gasteiger partial charge in [0.2, 0.25) is 0 Å². The van der Waals surface area contributed by atoms with Crippen LogP contribution in [0.5, 0.6) is 11.5 Å². The van der Waals surface area contributed by atoms with Gasteiger partial charge in [0.05, 0.1) is 5.75 Å². The first-order valence-electron chi connectivity index (χ1n) is 9.88. The van der Waals surface area contributed by atoms with Crippen molar-refractivity contribution in [3.8, 4) is 11.5 Å². The van der Waals surface area contributed by atoms with Crippen molar-refractivity contribution in [2.75, 3.05) is 12.4 Å². The number of thioether (sulfide) groups is 1. The van der Waals surface area contributed by atoms with Crippen LogP contribution in [-0.2, 0) is 7.05 Å². The standard InChI is InChI=1S/C23H25N3O3S/c1-13-10-17(16(4)15(3)14(13)2)18(27)12-30-23-25-24-22(26(23)5)21-11-28-19-8-6-7-9-20(19)29-21/h6-10,21H,11-12H2,1-5H3/t21-/m0/s1. The molecule has 4 rings (SSSR count). The maximum Gasteiger partial charge on any atom is 0.192 e. The molecule has 30 heavy (non-hydrogen) atoms. The Kier molecular flexibility index (Phi) is 5.56. The quantitative estimate of drug-likeness (QED) is 0.444. The SMILES string of the molecule is Cc1cc(C(=O)CSc2nnc([C@@H]3COc4ccccc4O3)n2C)c(C)c(C)c1C. The van der Waals surface area contributed by atoms with Gasteiger partial charge < -0.3 is 14.0 Å². The fraction of sp³-hybridized carbons (Fsp3) is 0.348. The van der Waals surface area contributed by atoms with Crippen LogP contribution in [-0.4, -0.2) is 32.9 Å². The first-order chi connectivity index (χ1) is 14.4. The number of ether oxygens (including phenoxy) is 2. The third-order valence-corrected chi connectivity index (χ3v) is 6.80. The van der Waals surface area contributed by atoms with Gasteiger partial charge in [-0.2, -0.15) is 0 Å². The molecule has 0 saturated heterocycles. The summed E-state index contributed by atoms with van der Waals surface area (Å²) in [4.78, 5) is 12.9. The van der Waals surface area contributed by atoms with Crippen molar-refractivity contribution in [3.05, 3.63) is 64.0 Å². The Balaban J connectivity index is 1.47. The number of aromatic nitrogens is 3. The summed E-state index contributed by atoms with van der Waals surface area (Å²) in [7, 11) is 1.89. The van der Waals surface area contributed by atoms with Gasteiger partial charge in [0.1, 0.15) is 6.61 Å². The van der Waals surface area contributed by atoms with Crippen molar-refractivity contribution in [1.82, 2.24) is 14.8 Å². The molecule has 0 saturated carbocycles. The zero-order valence-electron chi connectivity index (χ0n) is 17.9. The lowest BCUT2D eigenvalue weighted by Gasteiger charge is -2.25. The molecule has 2 aromatic carbocycles. The minimum atomic E-state index is -0.341. The summed E-state index contributed by atoms with van der Waals surface area (Å²) in [5.74, 6) is 2.51. The number of rotatable bonds is 5. The van der Waals surface area contributed by atoms with Crippen molar-refractivity contribution < 1.29 is 14.3 Å². The van der Waals surface area contributed by atoms with E-state index in [0.717, 1.165) is 22.4 Å². The highest BCUT2D eigenvalue weighted by molar-refractivity contribution is 7.99. The van der Waals surface area contributed by atoms with Crippen LogP contribution in [0.15, 0.2) is 35.5 Å². The Labute approximate surface area is 180 Å². The second kappa shape index (κ2) is 8.14. The van der Waals surface area contributed by atoms with Gasteiger partial charge in [0, 0.05) is 12.6 Å². The van der Waals surface area contributed by atoms with E-state index in [1.165, 1.54) is 22.9 Å². The molecule has 0 aliphatic carbocycles. The van der Waals surface area contributed by atoms with E-state index < -0.39 is 0 Å². The molecule has 156 valence electrons. The van der Waals surface area contributed by atoms with E-state index in [4.69, 9.17) is 9.47 Å². The van der Waals surface area contributed by atoms with E-state index >= 15 is 0 Å². The van der Waals surface area contributed by atoms with Gasteiger partial charge >= 0.3 is 0 Å². The van der Waals surface area contributed by atoms with Crippen molar-refractivity contribution >= 4 is 17.5 Å². The first kappa shape index (κ1) is 20.5. The van der Waals surface area contributed by atoms with Crippen molar-refractivity contribution in [3.63, 3.8) is 0 Å². The van der Waals surface area contributed by atoms with E-state index in [0.29, 0.717) is 29.1 Å². The van der Waals surface area contributed by atoms with E-state index in [2.05, 4.69) is 24.0 Å². The highest BCUT2D eigenvalue weighted by Crippen LogP contribution is 2.36. The van der Waals surface area contributed by atoms with Crippen LogP contribution >= 0.6 is 11.8 Å². The number of benzene rings is 2. The molecule has 1 aliphatic heterocycles.